The molecule has 0 spiro atoms. The molecule has 0 aromatic heterocycles. The second kappa shape index (κ2) is 7.60. The lowest BCUT2D eigenvalue weighted by Crippen LogP contribution is -2.16. The van der Waals surface area contributed by atoms with Crippen LogP contribution in [0.3, 0.4) is 0 Å². The van der Waals surface area contributed by atoms with Crippen LogP contribution in [0.15, 0.2) is 30.3 Å². The molecule has 5 heteroatoms. The van der Waals surface area contributed by atoms with Crippen LogP contribution in [-0.2, 0) is 4.74 Å². The number of aryl methyl sites for hydroxylation is 3. The molecule has 0 bridgehead atoms. The molecule has 1 aliphatic heterocycles. The number of carbonyl (C=O) groups excluding carboxylic acids is 2. The van der Waals surface area contributed by atoms with Gasteiger partial charge < -0.3 is 14.2 Å². The topological polar surface area (TPSA) is 61.8 Å². The smallest absolute Gasteiger partial charge is 0.338 e. The van der Waals surface area contributed by atoms with E-state index in [1.165, 1.54) is 0 Å². The molecule has 1 aliphatic rings. The number of carbonyl (C=O) groups is 2. The standard InChI is InChI=1S/C21H22O5/c1-13-9-14(2)20(15(3)10-13)17(22)12-26-21(23)16-5-6-18-19(11-16)25-8-4-7-24-18/h5-6,9-11H,4,7-8,12H2,1-3H3. The highest BCUT2D eigenvalue weighted by molar-refractivity contribution is 6.01. The number of hydrogen-bond acceptors (Lipinski definition) is 5. The predicted octanol–water partition coefficient (Wildman–Crippen LogP) is 3.81. The first-order chi connectivity index (χ1) is 12.5. The minimum absolute atomic E-state index is 0.206. The van der Waals surface area contributed by atoms with Crippen LogP contribution in [-0.4, -0.2) is 31.6 Å². The molecule has 1 heterocycles. The van der Waals surface area contributed by atoms with E-state index in [4.69, 9.17) is 14.2 Å². The summed E-state index contributed by atoms with van der Waals surface area (Å²) in [7, 11) is 0. The summed E-state index contributed by atoms with van der Waals surface area (Å²) in [5.74, 6) is 0.369. The summed E-state index contributed by atoms with van der Waals surface area (Å²) in [4.78, 5) is 24.8. The SMILES string of the molecule is Cc1cc(C)c(C(=O)COC(=O)c2ccc3c(c2)OCCCO3)c(C)c1. The van der Waals surface area contributed by atoms with E-state index in [0.717, 1.165) is 23.1 Å². The predicted molar refractivity (Wildman–Crippen MR) is 97.3 cm³/mol. The maximum atomic E-state index is 12.5. The maximum Gasteiger partial charge on any atom is 0.338 e. The molecule has 2 aromatic rings. The first kappa shape index (κ1) is 18.0. The van der Waals surface area contributed by atoms with Gasteiger partial charge in [0.2, 0.25) is 5.78 Å². The van der Waals surface area contributed by atoms with Crippen molar-refractivity contribution in [1.82, 2.24) is 0 Å². The van der Waals surface area contributed by atoms with Crippen molar-refractivity contribution in [3.05, 3.63) is 58.1 Å². The molecule has 0 saturated carbocycles. The second-order valence-corrected chi connectivity index (χ2v) is 6.49. The van der Waals surface area contributed by atoms with Crippen LogP contribution in [0, 0.1) is 20.8 Å². The average molecular weight is 354 g/mol. The summed E-state index contributed by atoms with van der Waals surface area (Å²) in [5.41, 5.74) is 3.82. The Bertz CT molecular complexity index is 830. The molecule has 0 amide bonds. The highest BCUT2D eigenvalue weighted by Gasteiger charge is 2.18. The minimum atomic E-state index is -0.559. The lowest BCUT2D eigenvalue weighted by atomic mass is 9.97. The molecule has 2 aromatic carbocycles. The number of benzene rings is 2. The van der Waals surface area contributed by atoms with Crippen molar-refractivity contribution >= 4 is 11.8 Å². The fraction of sp³-hybridized carbons (Fsp3) is 0.333. The average Bonchev–Trinajstić information content (AvgIpc) is 2.83. The Morgan fingerprint density at radius 2 is 1.62 bits per heavy atom. The number of ketones is 1. The van der Waals surface area contributed by atoms with Gasteiger partial charge in [-0.2, -0.15) is 0 Å². The number of hydrogen-bond donors (Lipinski definition) is 0. The number of Topliss-reactive ketones (excluding diaryl/α,β-unsaturated/α-hetero) is 1. The van der Waals surface area contributed by atoms with E-state index in [-0.39, 0.29) is 12.4 Å². The fourth-order valence-electron chi connectivity index (χ4n) is 3.20. The van der Waals surface area contributed by atoms with Gasteiger partial charge in [0, 0.05) is 12.0 Å². The van der Waals surface area contributed by atoms with Crippen molar-refractivity contribution in [1.29, 1.82) is 0 Å². The van der Waals surface area contributed by atoms with Gasteiger partial charge in [-0.25, -0.2) is 4.79 Å². The fourth-order valence-corrected chi connectivity index (χ4v) is 3.20. The molecule has 0 N–H and O–H groups in total. The minimum Gasteiger partial charge on any atom is -0.490 e. The highest BCUT2D eigenvalue weighted by Crippen LogP contribution is 2.30. The van der Waals surface area contributed by atoms with Crippen molar-refractivity contribution in [2.24, 2.45) is 0 Å². The summed E-state index contributed by atoms with van der Waals surface area (Å²) in [6.07, 6.45) is 0.790. The molecule has 3 rings (SSSR count). The molecule has 0 aliphatic carbocycles. The Kier molecular flexibility index (Phi) is 5.26. The van der Waals surface area contributed by atoms with Crippen LogP contribution in [0.4, 0.5) is 0 Å². The van der Waals surface area contributed by atoms with E-state index < -0.39 is 5.97 Å². The molecule has 0 radical (unpaired) electrons. The third-order valence-corrected chi connectivity index (χ3v) is 4.27. The quantitative estimate of drug-likeness (QED) is 0.617. The van der Waals surface area contributed by atoms with E-state index in [9.17, 15) is 9.59 Å². The largest absolute Gasteiger partial charge is 0.490 e. The first-order valence-electron chi connectivity index (χ1n) is 8.63. The summed E-state index contributed by atoms with van der Waals surface area (Å²) < 4.78 is 16.3. The van der Waals surface area contributed by atoms with Crippen molar-refractivity contribution < 1.29 is 23.8 Å². The molecule has 5 nitrogen and oxygen atoms in total. The van der Waals surface area contributed by atoms with Gasteiger partial charge in [-0.3, -0.25) is 4.79 Å². The van der Waals surface area contributed by atoms with Crippen LogP contribution in [0.1, 0.15) is 43.8 Å². The van der Waals surface area contributed by atoms with Crippen molar-refractivity contribution in [2.45, 2.75) is 27.2 Å². The number of ether oxygens (including phenoxy) is 3. The molecule has 0 unspecified atom stereocenters. The second-order valence-electron chi connectivity index (χ2n) is 6.49. The zero-order valence-corrected chi connectivity index (χ0v) is 15.3. The summed E-state index contributed by atoms with van der Waals surface area (Å²) >= 11 is 0. The van der Waals surface area contributed by atoms with E-state index in [0.29, 0.717) is 35.8 Å². The van der Waals surface area contributed by atoms with Crippen LogP contribution < -0.4 is 9.47 Å². The van der Waals surface area contributed by atoms with Gasteiger partial charge in [0.15, 0.2) is 18.1 Å². The van der Waals surface area contributed by atoms with Gasteiger partial charge in [0.25, 0.3) is 0 Å². The van der Waals surface area contributed by atoms with E-state index in [1.807, 2.05) is 32.9 Å². The van der Waals surface area contributed by atoms with Crippen molar-refractivity contribution in [3.8, 4) is 11.5 Å². The highest BCUT2D eigenvalue weighted by atomic mass is 16.5. The Hall–Kier alpha value is -2.82. The number of fused-ring (bicyclic) bond motifs is 1. The third kappa shape index (κ3) is 3.87. The summed E-state index contributed by atoms with van der Waals surface area (Å²) in [5, 5.41) is 0. The van der Waals surface area contributed by atoms with Crippen molar-refractivity contribution in [2.75, 3.05) is 19.8 Å². The number of rotatable bonds is 4. The van der Waals surface area contributed by atoms with E-state index >= 15 is 0 Å². The Morgan fingerprint density at radius 3 is 2.31 bits per heavy atom. The van der Waals surface area contributed by atoms with Gasteiger partial charge >= 0.3 is 5.97 Å². The van der Waals surface area contributed by atoms with Crippen molar-refractivity contribution in [3.63, 3.8) is 0 Å². The lowest BCUT2D eigenvalue weighted by Gasteiger charge is -2.11. The van der Waals surface area contributed by atoms with E-state index in [1.54, 1.807) is 18.2 Å². The molecule has 0 fully saturated rings. The van der Waals surface area contributed by atoms with Crippen LogP contribution in [0.2, 0.25) is 0 Å². The zero-order valence-electron chi connectivity index (χ0n) is 15.3. The molecular formula is C21H22O5. The normalized spacial score (nSPS) is 13.0. The zero-order chi connectivity index (χ0) is 18.7. The molecular weight excluding hydrogens is 332 g/mol. The molecule has 26 heavy (non-hydrogen) atoms. The van der Waals surface area contributed by atoms with Gasteiger partial charge in [-0.1, -0.05) is 17.7 Å². The Morgan fingerprint density at radius 1 is 0.962 bits per heavy atom. The van der Waals surface area contributed by atoms with Gasteiger partial charge in [0.1, 0.15) is 0 Å². The lowest BCUT2D eigenvalue weighted by molar-refractivity contribution is 0.0474. The van der Waals surface area contributed by atoms with Crippen LogP contribution >= 0.6 is 0 Å². The maximum absolute atomic E-state index is 12.5. The van der Waals surface area contributed by atoms with Crippen LogP contribution in [0.5, 0.6) is 11.5 Å². The van der Waals surface area contributed by atoms with E-state index in [2.05, 4.69) is 0 Å². The monoisotopic (exact) mass is 354 g/mol. The van der Waals surface area contributed by atoms with Gasteiger partial charge in [0.05, 0.1) is 18.8 Å². The summed E-state index contributed by atoms with van der Waals surface area (Å²) in [6, 6.07) is 8.80. The molecule has 136 valence electrons. The first-order valence-corrected chi connectivity index (χ1v) is 8.63. The Balaban J connectivity index is 1.69. The van der Waals surface area contributed by atoms with Gasteiger partial charge in [-0.15, -0.1) is 0 Å². The Labute approximate surface area is 152 Å². The molecule has 0 saturated heterocycles. The third-order valence-electron chi connectivity index (χ3n) is 4.27. The van der Waals surface area contributed by atoms with Crippen LogP contribution in [0.25, 0.3) is 0 Å². The van der Waals surface area contributed by atoms with Gasteiger partial charge in [-0.05, 0) is 50.1 Å². The summed E-state index contributed by atoms with van der Waals surface area (Å²) in [6.45, 7) is 6.59. The molecule has 0 atom stereocenters. The number of esters is 1.